The first-order chi connectivity index (χ1) is 11.1. The zero-order valence-electron chi connectivity index (χ0n) is 12.2. The zero-order valence-corrected chi connectivity index (χ0v) is 13.0. The number of nitriles is 1. The number of nitro benzene ring substituents is 1. The lowest BCUT2D eigenvalue weighted by Crippen LogP contribution is -1.99. The van der Waals surface area contributed by atoms with Gasteiger partial charge < -0.3 is 5.11 Å². The Balaban J connectivity index is 1.98. The van der Waals surface area contributed by atoms with Crippen LogP contribution in [0, 0.1) is 21.4 Å². The van der Waals surface area contributed by atoms with E-state index in [1.807, 2.05) is 0 Å². The first kappa shape index (κ1) is 15.2. The van der Waals surface area contributed by atoms with E-state index in [4.69, 9.17) is 0 Å². The number of phenolic OH excluding ortho intramolecular Hbond substituents is 1. The fourth-order valence-corrected chi connectivity index (χ4v) is 3.83. The van der Waals surface area contributed by atoms with E-state index in [-0.39, 0.29) is 17.0 Å². The third-order valence-corrected chi connectivity index (χ3v) is 5.01. The Morgan fingerprint density at radius 3 is 2.91 bits per heavy atom. The monoisotopic (exact) mass is 327 g/mol. The van der Waals surface area contributed by atoms with Crippen LogP contribution in [0.25, 0.3) is 0 Å². The maximum atomic E-state index is 10.8. The van der Waals surface area contributed by atoms with E-state index in [2.05, 4.69) is 11.1 Å². The molecular weight excluding hydrogens is 314 g/mol. The van der Waals surface area contributed by atoms with E-state index in [0.29, 0.717) is 10.6 Å². The van der Waals surface area contributed by atoms with E-state index in [9.17, 15) is 20.5 Å². The predicted molar refractivity (Wildman–Crippen MR) is 87.7 cm³/mol. The summed E-state index contributed by atoms with van der Waals surface area (Å²) in [6, 6.07) is 5.97. The van der Waals surface area contributed by atoms with Crippen molar-refractivity contribution in [1.29, 1.82) is 5.26 Å². The molecule has 0 fully saturated rings. The molecule has 1 aromatic heterocycles. The summed E-state index contributed by atoms with van der Waals surface area (Å²) in [6.07, 6.45) is 5.43. The highest BCUT2D eigenvalue weighted by atomic mass is 32.1. The van der Waals surface area contributed by atoms with Crippen molar-refractivity contribution < 1.29 is 10.0 Å². The van der Waals surface area contributed by atoms with Gasteiger partial charge in [-0.15, -0.1) is 11.3 Å². The number of aromatic hydroxyl groups is 1. The molecule has 0 unspecified atom stereocenters. The number of rotatable bonds is 3. The summed E-state index contributed by atoms with van der Waals surface area (Å²) in [5.74, 6) is -0.0841. The smallest absolute Gasteiger partial charge is 0.270 e. The molecular formula is C16H13N3O3S. The van der Waals surface area contributed by atoms with Gasteiger partial charge in [0, 0.05) is 28.8 Å². The summed E-state index contributed by atoms with van der Waals surface area (Å²) in [6.45, 7) is 0. The highest BCUT2D eigenvalue weighted by Gasteiger charge is 2.20. The number of hydrogen-bond donors (Lipinski definition) is 1. The van der Waals surface area contributed by atoms with Gasteiger partial charge in [0.25, 0.3) is 5.69 Å². The summed E-state index contributed by atoms with van der Waals surface area (Å²) in [5.41, 5.74) is 1.81. The zero-order chi connectivity index (χ0) is 16.4. The molecule has 0 saturated heterocycles. The van der Waals surface area contributed by atoms with E-state index in [1.54, 1.807) is 0 Å². The second kappa shape index (κ2) is 6.18. The average molecular weight is 327 g/mol. The van der Waals surface area contributed by atoms with Gasteiger partial charge in [0.05, 0.1) is 10.5 Å². The molecule has 1 aliphatic rings. The molecule has 1 aromatic carbocycles. The topological polar surface area (TPSA) is 99.5 Å². The molecule has 23 heavy (non-hydrogen) atoms. The molecule has 7 heteroatoms. The second-order valence-electron chi connectivity index (χ2n) is 5.26. The maximum Gasteiger partial charge on any atom is 0.270 e. The summed E-state index contributed by atoms with van der Waals surface area (Å²) >= 11 is 1.49. The lowest BCUT2D eigenvalue weighted by molar-refractivity contribution is -0.384. The quantitative estimate of drug-likeness (QED) is 0.525. The van der Waals surface area contributed by atoms with Crippen LogP contribution in [0.15, 0.2) is 23.2 Å². The standard InChI is InChI=1S/C16H13N3O3S/c17-8-13-12-3-1-2-4-15(12)23-16(13)18-9-10-7-11(19(21)22)5-6-14(10)20/h5-7,9,20H,1-4H2. The molecule has 0 aliphatic heterocycles. The normalized spacial score (nSPS) is 13.7. The van der Waals surface area contributed by atoms with E-state index in [1.165, 1.54) is 40.6 Å². The predicted octanol–water partition coefficient (Wildman–Crippen LogP) is 3.86. The number of aryl methyl sites for hydroxylation is 1. The van der Waals surface area contributed by atoms with Gasteiger partial charge in [0.15, 0.2) is 0 Å². The minimum Gasteiger partial charge on any atom is -0.507 e. The number of nitro groups is 1. The Labute approximate surface area is 136 Å². The molecule has 0 radical (unpaired) electrons. The highest BCUT2D eigenvalue weighted by molar-refractivity contribution is 7.16. The first-order valence-electron chi connectivity index (χ1n) is 7.16. The van der Waals surface area contributed by atoms with Gasteiger partial charge in [0.2, 0.25) is 0 Å². The van der Waals surface area contributed by atoms with Gasteiger partial charge >= 0.3 is 0 Å². The van der Waals surface area contributed by atoms with E-state index < -0.39 is 4.92 Å². The van der Waals surface area contributed by atoms with E-state index >= 15 is 0 Å². The van der Waals surface area contributed by atoms with E-state index in [0.717, 1.165) is 31.2 Å². The largest absolute Gasteiger partial charge is 0.507 e. The third kappa shape index (κ3) is 2.94. The minimum atomic E-state index is -0.526. The van der Waals surface area contributed by atoms with Gasteiger partial charge in [0.1, 0.15) is 16.8 Å². The van der Waals surface area contributed by atoms with Gasteiger partial charge in [-0.25, -0.2) is 4.99 Å². The summed E-state index contributed by atoms with van der Waals surface area (Å²) in [7, 11) is 0. The molecule has 0 spiro atoms. The fourth-order valence-electron chi connectivity index (χ4n) is 2.64. The summed E-state index contributed by atoms with van der Waals surface area (Å²) in [4.78, 5) is 15.8. The van der Waals surface area contributed by atoms with Crippen LogP contribution < -0.4 is 0 Å². The Morgan fingerprint density at radius 2 is 2.17 bits per heavy atom. The van der Waals surface area contributed by atoms with Gasteiger partial charge in [-0.2, -0.15) is 5.26 Å². The lowest BCUT2D eigenvalue weighted by Gasteiger charge is -2.09. The third-order valence-electron chi connectivity index (χ3n) is 3.81. The number of benzene rings is 1. The number of non-ortho nitro benzene ring substituents is 1. The molecule has 0 saturated carbocycles. The Morgan fingerprint density at radius 1 is 1.39 bits per heavy atom. The van der Waals surface area contributed by atoms with Crippen molar-refractivity contribution in [1.82, 2.24) is 0 Å². The molecule has 116 valence electrons. The first-order valence-corrected chi connectivity index (χ1v) is 7.98. The Hall–Kier alpha value is -2.72. The van der Waals surface area contributed by atoms with Crippen LogP contribution in [0.2, 0.25) is 0 Å². The number of phenols is 1. The number of nitrogens with zero attached hydrogens (tertiary/aromatic N) is 3. The van der Waals surface area contributed by atoms with Crippen LogP contribution in [0.1, 0.15) is 34.4 Å². The van der Waals surface area contributed by atoms with Crippen LogP contribution in [-0.4, -0.2) is 16.2 Å². The lowest BCUT2D eigenvalue weighted by atomic mass is 9.96. The van der Waals surface area contributed by atoms with Crippen LogP contribution >= 0.6 is 11.3 Å². The molecule has 0 atom stereocenters. The van der Waals surface area contributed by atoms with Crippen molar-refractivity contribution in [2.45, 2.75) is 25.7 Å². The van der Waals surface area contributed by atoms with Crippen molar-refractivity contribution in [3.8, 4) is 11.8 Å². The molecule has 1 N–H and O–H groups in total. The van der Waals surface area contributed by atoms with Gasteiger partial charge in [-0.1, -0.05) is 0 Å². The summed E-state index contributed by atoms with van der Waals surface area (Å²) < 4.78 is 0. The Kier molecular flexibility index (Phi) is 4.08. The molecule has 6 nitrogen and oxygen atoms in total. The van der Waals surface area contributed by atoms with Gasteiger partial charge in [-0.05, 0) is 37.3 Å². The van der Waals surface area contributed by atoms with Crippen LogP contribution in [0.5, 0.6) is 5.75 Å². The highest BCUT2D eigenvalue weighted by Crippen LogP contribution is 2.39. The van der Waals surface area contributed by atoms with Crippen molar-refractivity contribution >= 4 is 28.2 Å². The number of fused-ring (bicyclic) bond motifs is 1. The second-order valence-corrected chi connectivity index (χ2v) is 6.34. The molecule has 1 heterocycles. The van der Waals surface area contributed by atoms with Crippen LogP contribution in [0.3, 0.4) is 0 Å². The maximum absolute atomic E-state index is 10.8. The molecule has 1 aliphatic carbocycles. The molecule has 2 aromatic rings. The van der Waals surface area contributed by atoms with Crippen molar-refractivity contribution in [3.05, 3.63) is 49.9 Å². The number of hydrogen-bond acceptors (Lipinski definition) is 6. The van der Waals surface area contributed by atoms with Crippen molar-refractivity contribution in [2.24, 2.45) is 4.99 Å². The number of aliphatic imine (C=N–C) groups is 1. The summed E-state index contributed by atoms with van der Waals surface area (Å²) in [5, 5.41) is 30.6. The minimum absolute atomic E-state index is 0.0841. The van der Waals surface area contributed by atoms with Crippen molar-refractivity contribution in [2.75, 3.05) is 0 Å². The molecule has 0 amide bonds. The Bertz CT molecular complexity index is 849. The van der Waals surface area contributed by atoms with Crippen LogP contribution in [-0.2, 0) is 12.8 Å². The SMILES string of the molecule is N#Cc1c(N=Cc2cc([N+](=O)[O-])ccc2O)sc2c1CCCC2. The van der Waals surface area contributed by atoms with Crippen LogP contribution in [0.4, 0.5) is 10.7 Å². The fraction of sp³-hybridized carbons (Fsp3) is 0.250. The van der Waals surface area contributed by atoms with Crippen molar-refractivity contribution in [3.63, 3.8) is 0 Å². The molecule has 0 bridgehead atoms. The molecule has 3 rings (SSSR count). The number of thiophene rings is 1. The van der Waals surface area contributed by atoms with Gasteiger partial charge in [-0.3, -0.25) is 10.1 Å². The average Bonchev–Trinajstić information content (AvgIpc) is 2.91.